The summed E-state index contributed by atoms with van der Waals surface area (Å²) in [6, 6.07) is 17.9. The van der Waals surface area contributed by atoms with Gasteiger partial charge in [0, 0.05) is 18.5 Å². The molecule has 4 rings (SSSR count). The first kappa shape index (κ1) is 17.4. The van der Waals surface area contributed by atoms with Crippen LogP contribution in [-0.4, -0.2) is 18.4 Å². The minimum atomic E-state index is -0.382. The molecule has 1 aromatic heterocycles. The Morgan fingerprint density at radius 1 is 1.04 bits per heavy atom. The van der Waals surface area contributed by atoms with Gasteiger partial charge in [-0.05, 0) is 42.8 Å². The Morgan fingerprint density at radius 2 is 1.81 bits per heavy atom. The Kier molecular flexibility index (Phi) is 4.69. The summed E-state index contributed by atoms with van der Waals surface area (Å²) in [7, 11) is 0. The van der Waals surface area contributed by atoms with Crippen LogP contribution in [-0.2, 0) is 4.79 Å². The maximum absolute atomic E-state index is 12.7. The number of amides is 2. The lowest BCUT2D eigenvalue weighted by Gasteiger charge is -2.19. The molecule has 0 spiro atoms. The number of nitrogens with one attached hydrogen (secondary N) is 1. The van der Waals surface area contributed by atoms with Gasteiger partial charge in [0.15, 0.2) is 5.76 Å². The molecule has 5 nitrogen and oxygen atoms in total. The zero-order chi connectivity index (χ0) is 18.8. The molecule has 3 aromatic rings. The number of carbonyl (C=O) groups is 2. The van der Waals surface area contributed by atoms with Gasteiger partial charge < -0.3 is 14.6 Å². The molecule has 2 aromatic carbocycles. The summed E-state index contributed by atoms with van der Waals surface area (Å²) >= 11 is 6.19. The van der Waals surface area contributed by atoms with Crippen molar-refractivity contribution in [3.8, 4) is 11.3 Å². The molecule has 1 aliphatic heterocycles. The molecule has 1 aliphatic rings. The lowest BCUT2D eigenvalue weighted by atomic mass is 10.2. The standard InChI is InChI=1S/C21H17ClN2O3/c22-15-7-2-1-6-14(15)18-11-12-19(27-18)21(26)23-16-8-3-4-9-17(16)24-13-5-10-20(24)25/h1-4,6-9,11-12H,5,10,13H2,(H,23,26). The van der Waals surface area contributed by atoms with Crippen LogP contribution in [0.25, 0.3) is 11.3 Å². The van der Waals surface area contributed by atoms with Gasteiger partial charge in [0.05, 0.1) is 16.4 Å². The fourth-order valence-electron chi connectivity index (χ4n) is 3.17. The third kappa shape index (κ3) is 3.46. The molecule has 1 N–H and O–H groups in total. The van der Waals surface area contributed by atoms with Crippen molar-refractivity contribution < 1.29 is 14.0 Å². The first-order valence-electron chi connectivity index (χ1n) is 8.69. The van der Waals surface area contributed by atoms with Gasteiger partial charge in [-0.15, -0.1) is 0 Å². The maximum atomic E-state index is 12.7. The van der Waals surface area contributed by atoms with E-state index >= 15 is 0 Å². The van der Waals surface area contributed by atoms with E-state index in [4.69, 9.17) is 16.0 Å². The maximum Gasteiger partial charge on any atom is 0.291 e. The molecule has 6 heteroatoms. The van der Waals surface area contributed by atoms with Gasteiger partial charge in [-0.1, -0.05) is 35.9 Å². The summed E-state index contributed by atoms with van der Waals surface area (Å²) in [6.07, 6.45) is 1.35. The van der Waals surface area contributed by atoms with E-state index < -0.39 is 0 Å². The number of hydrogen-bond donors (Lipinski definition) is 1. The Morgan fingerprint density at radius 3 is 2.59 bits per heavy atom. The fourth-order valence-corrected chi connectivity index (χ4v) is 3.40. The lowest BCUT2D eigenvalue weighted by molar-refractivity contribution is -0.117. The van der Waals surface area contributed by atoms with Crippen molar-refractivity contribution in [3.05, 3.63) is 71.4 Å². The normalized spacial score (nSPS) is 13.8. The number of benzene rings is 2. The van der Waals surface area contributed by atoms with Crippen molar-refractivity contribution in [2.24, 2.45) is 0 Å². The van der Waals surface area contributed by atoms with Crippen LogP contribution in [0.5, 0.6) is 0 Å². The van der Waals surface area contributed by atoms with Crippen LogP contribution < -0.4 is 10.2 Å². The highest BCUT2D eigenvalue weighted by Gasteiger charge is 2.24. The highest BCUT2D eigenvalue weighted by Crippen LogP contribution is 2.31. The minimum Gasteiger partial charge on any atom is -0.451 e. The van der Waals surface area contributed by atoms with Gasteiger partial charge in [0.25, 0.3) is 5.91 Å². The first-order chi connectivity index (χ1) is 13.1. The number of halogens is 1. The summed E-state index contributed by atoms with van der Waals surface area (Å²) < 4.78 is 5.69. The van der Waals surface area contributed by atoms with Crippen LogP contribution in [0, 0.1) is 0 Å². The molecule has 0 saturated carbocycles. The smallest absolute Gasteiger partial charge is 0.291 e. The Hall–Kier alpha value is -3.05. The second kappa shape index (κ2) is 7.29. The molecule has 0 atom stereocenters. The predicted octanol–water partition coefficient (Wildman–Crippen LogP) is 4.98. The molecule has 1 saturated heterocycles. The SMILES string of the molecule is O=C(Nc1ccccc1N1CCCC1=O)c1ccc(-c2ccccc2Cl)o1. The van der Waals surface area contributed by atoms with Gasteiger partial charge >= 0.3 is 0 Å². The number of nitrogens with zero attached hydrogens (tertiary/aromatic N) is 1. The van der Waals surface area contributed by atoms with Gasteiger partial charge in [0.1, 0.15) is 5.76 Å². The number of rotatable bonds is 4. The Bertz CT molecular complexity index is 1010. The zero-order valence-corrected chi connectivity index (χ0v) is 15.2. The quantitative estimate of drug-likeness (QED) is 0.694. The number of hydrogen-bond acceptors (Lipinski definition) is 3. The lowest BCUT2D eigenvalue weighted by Crippen LogP contribution is -2.25. The van der Waals surface area contributed by atoms with Crippen LogP contribution in [0.2, 0.25) is 5.02 Å². The number of furan rings is 1. The van der Waals surface area contributed by atoms with E-state index in [1.165, 1.54) is 0 Å². The van der Waals surface area contributed by atoms with E-state index in [1.807, 2.05) is 36.4 Å². The third-order valence-electron chi connectivity index (χ3n) is 4.49. The zero-order valence-electron chi connectivity index (χ0n) is 14.4. The first-order valence-corrected chi connectivity index (χ1v) is 9.07. The fraction of sp³-hybridized carbons (Fsp3) is 0.143. The summed E-state index contributed by atoms with van der Waals surface area (Å²) in [5, 5.41) is 3.40. The van der Waals surface area contributed by atoms with E-state index in [2.05, 4.69) is 5.32 Å². The van der Waals surface area contributed by atoms with E-state index in [0.717, 1.165) is 12.0 Å². The molecular formula is C21H17ClN2O3. The van der Waals surface area contributed by atoms with E-state index in [1.54, 1.807) is 29.2 Å². The topological polar surface area (TPSA) is 62.6 Å². The summed E-state index contributed by atoms with van der Waals surface area (Å²) in [5.74, 6) is 0.379. The summed E-state index contributed by atoms with van der Waals surface area (Å²) in [4.78, 5) is 26.4. The average Bonchev–Trinajstić information content (AvgIpc) is 3.32. The molecule has 1 fully saturated rings. The highest BCUT2D eigenvalue weighted by atomic mass is 35.5. The molecule has 2 heterocycles. The van der Waals surface area contributed by atoms with Crippen LogP contribution in [0.1, 0.15) is 23.4 Å². The van der Waals surface area contributed by atoms with Crippen molar-refractivity contribution in [1.29, 1.82) is 0 Å². The van der Waals surface area contributed by atoms with Crippen LogP contribution in [0.15, 0.2) is 65.1 Å². The Labute approximate surface area is 161 Å². The second-order valence-electron chi connectivity index (χ2n) is 6.26. The average molecular weight is 381 g/mol. The van der Waals surface area contributed by atoms with Crippen molar-refractivity contribution in [2.45, 2.75) is 12.8 Å². The molecule has 0 aliphatic carbocycles. The van der Waals surface area contributed by atoms with Crippen LogP contribution >= 0.6 is 11.6 Å². The van der Waals surface area contributed by atoms with Crippen LogP contribution in [0.3, 0.4) is 0 Å². The third-order valence-corrected chi connectivity index (χ3v) is 4.82. The number of anilines is 2. The summed E-state index contributed by atoms with van der Waals surface area (Å²) in [5.41, 5.74) is 2.00. The van der Waals surface area contributed by atoms with Gasteiger partial charge in [-0.3, -0.25) is 9.59 Å². The predicted molar refractivity (Wildman–Crippen MR) is 105 cm³/mol. The molecule has 136 valence electrons. The highest BCUT2D eigenvalue weighted by molar-refractivity contribution is 6.33. The van der Waals surface area contributed by atoms with Crippen LogP contribution in [0.4, 0.5) is 11.4 Å². The monoisotopic (exact) mass is 380 g/mol. The van der Waals surface area contributed by atoms with Crippen molar-refractivity contribution >= 4 is 34.8 Å². The molecular weight excluding hydrogens is 364 g/mol. The van der Waals surface area contributed by atoms with E-state index in [0.29, 0.717) is 35.1 Å². The van der Waals surface area contributed by atoms with Gasteiger partial charge in [-0.2, -0.15) is 0 Å². The molecule has 0 unspecified atom stereocenters. The largest absolute Gasteiger partial charge is 0.451 e. The summed E-state index contributed by atoms with van der Waals surface area (Å²) in [6.45, 7) is 0.656. The van der Waals surface area contributed by atoms with Crippen molar-refractivity contribution in [2.75, 3.05) is 16.8 Å². The van der Waals surface area contributed by atoms with E-state index in [-0.39, 0.29) is 17.6 Å². The molecule has 2 amide bonds. The second-order valence-corrected chi connectivity index (χ2v) is 6.67. The molecule has 27 heavy (non-hydrogen) atoms. The van der Waals surface area contributed by atoms with Crippen molar-refractivity contribution in [1.82, 2.24) is 0 Å². The van der Waals surface area contributed by atoms with Gasteiger partial charge in [-0.25, -0.2) is 0 Å². The molecule has 0 bridgehead atoms. The van der Waals surface area contributed by atoms with Gasteiger partial charge in [0.2, 0.25) is 5.91 Å². The minimum absolute atomic E-state index is 0.0655. The number of carbonyl (C=O) groups excluding carboxylic acids is 2. The molecule has 0 radical (unpaired) electrons. The number of para-hydroxylation sites is 2. The van der Waals surface area contributed by atoms with E-state index in [9.17, 15) is 9.59 Å². The Balaban J connectivity index is 1.57. The van der Waals surface area contributed by atoms with Crippen molar-refractivity contribution in [3.63, 3.8) is 0 Å².